The van der Waals surface area contributed by atoms with E-state index in [2.05, 4.69) is 0 Å². The van der Waals surface area contributed by atoms with E-state index in [1.807, 2.05) is 0 Å². The van der Waals surface area contributed by atoms with Gasteiger partial charge >= 0.3 is 0 Å². The Kier molecular flexibility index (Phi) is 0.828. The maximum absolute atomic E-state index is 10.2. The predicted molar refractivity (Wildman–Crippen MR) is 23.3 cm³/mol. The largest absolute Gasteiger partial charge is 0.282 e. The summed E-state index contributed by atoms with van der Waals surface area (Å²) in [5.41, 5.74) is 0. The lowest BCUT2D eigenvalue weighted by atomic mass is 10.3. The van der Waals surface area contributed by atoms with E-state index < -0.39 is 0 Å². The molecule has 0 aromatic rings. The summed E-state index contributed by atoms with van der Waals surface area (Å²) in [6.45, 7) is 0. The van der Waals surface area contributed by atoms with Gasteiger partial charge in [-0.05, 0) is 12.8 Å². The van der Waals surface area contributed by atoms with Gasteiger partial charge in [-0.1, -0.05) is 0 Å². The van der Waals surface area contributed by atoms with Crippen LogP contribution in [0.4, 0.5) is 0 Å². The van der Waals surface area contributed by atoms with Gasteiger partial charge in [0, 0.05) is 5.92 Å². The normalized spacial score (nSPS) is 18.1. The zero-order chi connectivity index (χ0) is 5.28. The number of rotatable bonds is 1. The highest BCUT2D eigenvalue weighted by atomic mass is 16.1. The monoisotopic (exact) mass is 95.0 g/mol. The van der Waals surface area contributed by atoms with Crippen LogP contribution >= 0.6 is 0 Å². The molecule has 1 aliphatic carbocycles. The zero-order valence-electron chi connectivity index (χ0n) is 3.85. The van der Waals surface area contributed by atoms with Crippen LogP contribution in [-0.2, 0) is 4.79 Å². The Morgan fingerprint density at radius 3 is 2.43 bits per heavy atom. The molecular formula is C5H5NO. The van der Waals surface area contributed by atoms with Crippen molar-refractivity contribution >= 4 is 5.78 Å². The van der Waals surface area contributed by atoms with Crippen molar-refractivity contribution in [1.82, 2.24) is 0 Å². The fraction of sp³-hybridized carbons (Fsp3) is 0.600. The van der Waals surface area contributed by atoms with Gasteiger partial charge in [-0.3, -0.25) is 4.79 Å². The van der Waals surface area contributed by atoms with E-state index in [0.717, 1.165) is 12.8 Å². The summed E-state index contributed by atoms with van der Waals surface area (Å²) in [7, 11) is 0. The number of carbonyl (C=O) groups excluding carboxylic acids is 1. The van der Waals surface area contributed by atoms with E-state index in [1.54, 1.807) is 6.07 Å². The van der Waals surface area contributed by atoms with Crippen LogP contribution in [-0.4, -0.2) is 5.78 Å². The van der Waals surface area contributed by atoms with Gasteiger partial charge in [0.05, 0.1) is 0 Å². The molecule has 0 N–H and O–H groups in total. The second kappa shape index (κ2) is 1.34. The van der Waals surface area contributed by atoms with Crippen LogP contribution in [0, 0.1) is 17.2 Å². The van der Waals surface area contributed by atoms with Crippen LogP contribution in [0.3, 0.4) is 0 Å². The van der Waals surface area contributed by atoms with Crippen molar-refractivity contribution in [3.63, 3.8) is 0 Å². The molecule has 0 spiro atoms. The highest BCUT2D eigenvalue weighted by molar-refractivity contribution is 5.96. The Labute approximate surface area is 41.7 Å². The Morgan fingerprint density at radius 2 is 2.29 bits per heavy atom. The molecule has 0 radical (unpaired) electrons. The summed E-state index contributed by atoms with van der Waals surface area (Å²) >= 11 is 0. The van der Waals surface area contributed by atoms with Gasteiger partial charge in [-0.25, -0.2) is 0 Å². The summed E-state index contributed by atoms with van der Waals surface area (Å²) in [6, 6.07) is 1.59. The average molecular weight is 95.1 g/mol. The third-order valence-electron chi connectivity index (χ3n) is 1.06. The molecule has 1 rings (SSSR count). The minimum Gasteiger partial charge on any atom is -0.282 e. The minimum atomic E-state index is -0.236. The number of ketones is 1. The second-order valence-electron chi connectivity index (χ2n) is 1.75. The second-order valence-corrected chi connectivity index (χ2v) is 1.75. The van der Waals surface area contributed by atoms with Gasteiger partial charge in [-0.15, -0.1) is 0 Å². The summed E-state index contributed by atoms with van der Waals surface area (Å²) in [5, 5.41) is 7.95. The molecule has 1 fully saturated rings. The van der Waals surface area contributed by atoms with Crippen molar-refractivity contribution in [2.45, 2.75) is 12.8 Å². The molecule has 7 heavy (non-hydrogen) atoms. The van der Waals surface area contributed by atoms with E-state index in [1.165, 1.54) is 0 Å². The first-order valence-corrected chi connectivity index (χ1v) is 2.28. The van der Waals surface area contributed by atoms with Crippen molar-refractivity contribution in [2.75, 3.05) is 0 Å². The molecule has 0 aliphatic heterocycles. The van der Waals surface area contributed by atoms with Gasteiger partial charge in [0.15, 0.2) is 0 Å². The van der Waals surface area contributed by atoms with Crippen LogP contribution in [0.1, 0.15) is 12.8 Å². The minimum absolute atomic E-state index is 0.116. The standard InChI is InChI=1S/C5H5NO/c6-3-5(7)4-1-2-4/h4H,1-2H2. The Hall–Kier alpha value is -0.840. The van der Waals surface area contributed by atoms with Crippen molar-refractivity contribution in [1.29, 1.82) is 5.26 Å². The summed E-state index contributed by atoms with van der Waals surface area (Å²) in [4.78, 5) is 10.2. The van der Waals surface area contributed by atoms with E-state index in [4.69, 9.17) is 5.26 Å². The molecule has 2 heteroatoms. The smallest absolute Gasteiger partial charge is 0.234 e. The molecule has 0 saturated heterocycles. The lowest BCUT2D eigenvalue weighted by molar-refractivity contribution is -0.115. The molecule has 0 unspecified atom stereocenters. The maximum Gasteiger partial charge on any atom is 0.234 e. The summed E-state index contributed by atoms with van der Waals surface area (Å²) < 4.78 is 0. The van der Waals surface area contributed by atoms with Gasteiger partial charge in [0.1, 0.15) is 6.07 Å². The molecule has 0 aromatic heterocycles. The molecule has 0 heterocycles. The molecule has 1 aliphatic rings. The highest BCUT2D eigenvalue weighted by Crippen LogP contribution is 2.29. The van der Waals surface area contributed by atoms with Crippen LogP contribution in [0.15, 0.2) is 0 Å². The molecule has 2 nitrogen and oxygen atoms in total. The lowest BCUT2D eigenvalue weighted by Crippen LogP contribution is -1.92. The number of carbonyl (C=O) groups is 1. The first-order valence-electron chi connectivity index (χ1n) is 2.28. The van der Waals surface area contributed by atoms with Crippen LogP contribution in [0.5, 0.6) is 0 Å². The number of hydrogen-bond donors (Lipinski definition) is 0. The Bertz CT molecular complexity index is 130. The van der Waals surface area contributed by atoms with Gasteiger partial charge in [-0.2, -0.15) is 5.26 Å². The number of hydrogen-bond acceptors (Lipinski definition) is 2. The predicted octanol–water partition coefficient (Wildman–Crippen LogP) is 0.489. The average Bonchev–Trinajstić information content (AvgIpc) is 2.44. The molecule has 0 aromatic carbocycles. The molecule has 1 saturated carbocycles. The van der Waals surface area contributed by atoms with Crippen LogP contribution < -0.4 is 0 Å². The quantitative estimate of drug-likeness (QED) is 0.444. The van der Waals surface area contributed by atoms with Crippen LogP contribution in [0.2, 0.25) is 0 Å². The molecule has 0 amide bonds. The Balaban J connectivity index is 2.42. The SMILES string of the molecule is N#CC(=O)C1CC1. The van der Waals surface area contributed by atoms with Crippen molar-refractivity contribution in [2.24, 2.45) is 5.92 Å². The fourth-order valence-electron chi connectivity index (χ4n) is 0.437. The maximum atomic E-state index is 10.2. The van der Waals surface area contributed by atoms with Crippen LogP contribution in [0.25, 0.3) is 0 Å². The van der Waals surface area contributed by atoms with Crippen molar-refractivity contribution in [3.8, 4) is 6.07 Å². The lowest BCUT2D eigenvalue weighted by Gasteiger charge is -1.72. The molecule has 36 valence electrons. The fourth-order valence-corrected chi connectivity index (χ4v) is 0.437. The number of nitriles is 1. The first-order chi connectivity index (χ1) is 3.34. The van der Waals surface area contributed by atoms with E-state index >= 15 is 0 Å². The third-order valence-corrected chi connectivity index (χ3v) is 1.06. The first kappa shape index (κ1) is 4.32. The number of nitrogens with zero attached hydrogens (tertiary/aromatic N) is 1. The van der Waals surface area contributed by atoms with Gasteiger partial charge in [0.2, 0.25) is 5.78 Å². The van der Waals surface area contributed by atoms with E-state index in [9.17, 15) is 4.79 Å². The van der Waals surface area contributed by atoms with E-state index in [-0.39, 0.29) is 11.7 Å². The van der Waals surface area contributed by atoms with Crippen molar-refractivity contribution < 1.29 is 4.79 Å². The van der Waals surface area contributed by atoms with Gasteiger partial charge in [0.25, 0.3) is 0 Å². The third kappa shape index (κ3) is 0.774. The summed E-state index contributed by atoms with van der Waals surface area (Å²) in [5.74, 6) is -0.120. The Morgan fingerprint density at radius 1 is 1.71 bits per heavy atom. The molecular weight excluding hydrogens is 90.1 g/mol. The van der Waals surface area contributed by atoms with Gasteiger partial charge < -0.3 is 0 Å². The summed E-state index contributed by atoms with van der Waals surface area (Å²) in [6.07, 6.45) is 1.87. The highest BCUT2D eigenvalue weighted by Gasteiger charge is 2.28. The van der Waals surface area contributed by atoms with E-state index in [0.29, 0.717) is 0 Å². The zero-order valence-corrected chi connectivity index (χ0v) is 3.85. The van der Waals surface area contributed by atoms with Crippen molar-refractivity contribution in [3.05, 3.63) is 0 Å². The molecule has 0 bridgehead atoms. The topological polar surface area (TPSA) is 40.9 Å². The molecule has 0 atom stereocenters. The number of Topliss-reactive ketones (excluding diaryl/α,β-unsaturated/α-hetero) is 1.